The van der Waals surface area contributed by atoms with Gasteiger partial charge in [0.25, 0.3) is 11.8 Å². The van der Waals surface area contributed by atoms with Crippen LogP contribution in [-0.2, 0) is 9.53 Å². The van der Waals surface area contributed by atoms with Crippen LogP contribution in [0.25, 0.3) is 0 Å². The van der Waals surface area contributed by atoms with Crippen molar-refractivity contribution in [3.63, 3.8) is 0 Å². The van der Waals surface area contributed by atoms with E-state index in [9.17, 15) is 14.4 Å². The molecule has 0 unspecified atom stereocenters. The first-order chi connectivity index (χ1) is 14.1. The Morgan fingerprint density at radius 1 is 1.00 bits per heavy atom. The van der Waals surface area contributed by atoms with Gasteiger partial charge >= 0.3 is 5.97 Å². The molecule has 6 nitrogen and oxygen atoms in total. The van der Waals surface area contributed by atoms with Gasteiger partial charge in [-0.2, -0.15) is 0 Å². The van der Waals surface area contributed by atoms with Crippen LogP contribution in [0, 0.1) is 0 Å². The molecule has 1 N–H and O–H groups in total. The number of nitrogens with zero attached hydrogens (tertiary/aromatic N) is 1. The number of nitrogens with one attached hydrogen (secondary N) is 1. The normalized spacial score (nSPS) is 10.2. The van der Waals surface area contributed by atoms with Gasteiger partial charge in [0, 0.05) is 17.9 Å². The lowest BCUT2D eigenvalue weighted by atomic mass is 10.2. The van der Waals surface area contributed by atoms with E-state index in [2.05, 4.69) is 5.32 Å². The van der Waals surface area contributed by atoms with E-state index in [-0.39, 0.29) is 24.0 Å². The number of para-hydroxylation sites is 1. The number of ether oxygens (including phenoxy) is 1. The number of rotatable bonds is 7. The molecule has 0 fully saturated rings. The minimum absolute atomic E-state index is 0.248. The number of thiophene rings is 1. The summed E-state index contributed by atoms with van der Waals surface area (Å²) in [5.41, 5.74) is 1.47. The second kappa shape index (κ2) is 9.66. The first kappa shape index (κ1) is 20.3. The third-order valence-corrected chi connectivity index (χ3v) is 4.98. The highest BCUT2D eigenvalue weighted by Gasteiger charge is 2.17. The summed E-state index contributed by atoms with van der Waals surface area (Å²) in [6.07, 6.45) is 0. The van der Waals surface area contributed by atoms with Gasteiger partial charge in [-0.15, -0.1) is 11.3 Å². The maximum absolute atomic E-state index is 12.4. The maximum Gasteiger partial charge on any atom is 0.338 e. The Hall–Kier alpha value is -3.45. The summed E-state index contributed by atoms with van der Waals surface area (Å²) in [6.45, 7) is 1.95. The lowest BCUT2D eigenvalue weighted by molar-refractivity contribution is -0.121. The van der Waals surface area contributed by atoms with E-state index in [0.29, 0.717) is 17.1 Å². The van der Waals surface area contributed by atoms with E-state index >= 15 is 0 Å². The van der Waals surface area contributed by atoms with Gasteiger partial charge in [0.15, 0.2) is 6.61 Å². The summed E-state index contributed by atoms with van der Waals surface area (Å²) < 4.78 is 5.19. The molecule has 1 heterocycles. The molecule has 0 bridgehead atoms. The quantitative estimate of drug-likeness (QED) is 0.594. The highest BCUT2D eigenvalue weighted by atomic mass is 32.1. The van der Waals surface area contributed by atoms with E-state index in [0.717, 1.165) is 5.69 Å². The number of benzene rings is 2. The molecule has 0 spiro atoms. The van der Waals surface area contributed by atoms with Gasteiger partial charge in [-0.05, 0) is 48.7 Å². The Bertz CT molecular complexity index is 987. The van der Waals surface area contributed by atoms with Crippen molar-refractivity contribution in [1.82, 2.24) is 0 Å². The first-order valence-corrected chi connectivity index (χ1v) is 9.94. The molecule has 3 aromatic rings. The Morgan fingerprint density at radius 2 is 1.79 bits per heavy atom. The molecular formula is C22H20N2O4S. The number of likely N-dealkylation sites (N-methyl/N-ethyl adjacent to an activating group) is 1. The molecule has 1 aromatic heterocycles. The van der Waals surface area contributed by atoms with E-state index in [1.807, 2.05) is 42.6 Å². The highest BCUT2D eigenvalue weighted by Crippen LogP contribution is 2.16. The van der Waals surface area contributed by atoms with Gasteiger partial charge in [0.1, 0.15) is 0 Å². The van der Waals surface area contributed by atoms with Crippen LogP contribution in [0.4, 0.5) is 11.4 Å². The number of carbonyl (C=O) groups excluding carboxylic acids is 3. The second-order valence-electron chi connectivity index (χ2n) is 6.06. The van der Waals surface area contributed by atoms with Crippen molar-refractivity contribution in [2.45, 2.75) is 6.92 Å². The maximum atomic E-state index is 12.4. The molecule has 29 heavy (non-hydrogen) atoms. The van der Waals surface area contributed by atoms with Crippen LogP contribution >= 0.6 is 11.3 Å². The fraction of sp³-hybridized carbons (Fsp3) is 0.136. The van der Waals surface area contributed by atoms with E-state index in [1.54, 1.807) is 35.2 Å². The molecule has 2 aromatic carbocycles. The summed E-state index contributed by atoms with van der Waals surface area (Å²) in [7, 11) is 0. The Labute approximate surface area is 172 Å². The van der Waals surface area contributed by atoms with Crippen LogP contribution < -0.4 is 10.2 Å². The first-order valence-electron chi connectivity index (χ1n) is 9.06. The van der Waals surface area contributed by atoms with Gasteiger partial charge in [0.05, 0.1) is 10.4 Å². The van der Waals surface area contributed by atoms with Crippen molar-refractivity contribution in [2.24, 2.45) is 0 Å². The monoisotopic (exact) mass is 408 g/mol. The van der Waals surface area contributed by atoms with Gasteiger partial charge in [0.2, 0.25) is 0 Å². The fourth-order valence-corrected chi connectivity index (χ4v) is 3.34. The molecule has 0 aliphatic rings. The number of amides is 2. The topological polar surface area (TPSA) is 75.7 Å². The molecular weight excluding hydrogens is 388 g/mol. The van der Waals surface area contributed by atoms with Gasteiger partial charge < -0.3 is 15.0 Å². The van der Waals surface area contributed by atoms with Crippen LogP contribution in [0.1, 0.15) is 27.0 Å². The van der Waals surface area contributed by atoms with Crippen LogP contribution in [0.3, 0.4) is 0 Å². The van der Waals surface area contributed by atoms with Gasteiger partial charge in [-0.1, -0.05) is 30.3 Å². The predicted octanol–water partition coefficient (Wildman–Crippen LogP) is 4.21. The molecule has 0 saturated heterocycles. The number of hydrogen-bond acceptors (Lipinski definition) is 5. The van der Waals surface area contributed by atoms with Gasteiger partial charge in [-0.25, -0.2) is 4.79 Å². The molecule has 148 valence electrons. The lowest BCUT2D eigenvalue weighted by Crippen LogP contribution is -2.34. The average Bonchev–Trinajstić information content (AvgIpc) is 3.29. The SMILES string of the molecule is CCN(C(=O)COC(=O)c1cccc(NC(=O)c2cccs2)c1)c1ccccc1. The van der Waals surface area contributed by atoms with Crippen molar-refractivity contribution in [1.29, 1.82) is 0 Å². The highest BCUT2D eigenvalue weighted by molar-refractivity contribution is 7.12. The number of anilines is 2. The van der Waals surface area contributed by atoms with Crippen molar-refractivity contribution in [3.05, 3.63) is 82.6 Å². The summed E-state index contributed by atoms with van der Waals surface area (Å²) >= 11 is 1.33. The predicted molar refractivity (Wildman–Crippen MR) is 113 cm³/mol. The van der Waals surface area contributed by atoms with Crippen molar-refractivity contribution in [2.75, 3.05) is 23.4 Å². The number of esters is 1. The van der Waals surface area contributed by atoms with Crippen LogP contribution in [0.2, 0.25) is 0 Å². The smallest absolute Gasteiger partial charge is 0.338 e. The third kappa shape index (κ3) is 5.30. The molecule has 0 aliphatic heterocycles. The molecule has 0 aliphatic carbocycles. The summed E-state index contributed by atoms with van der Waals surface area (Å²) in [5, 5.41) is 4.56. The van der Waals surface area contributed by atoms with Crippen LogP contribution in [-0.4, -0.2) is 30.9 Å². The summed E-state index contributed by atoms with van der Waals surface area (Å²) in [4.78, 5) is 39.1. The minimum atomic E-state index is -0.630. The number of carbonyl (C=O) groups is 3. The van der Waals surface area contributed by atoms with Crippen LogP contribution in [0.15, 0.2) is 72.1 Å². The third-order valence-electron chi connectivity index (χ3n) is 4.11. The molecule has 0 saturated carbocycles. The largest absolute Gasteiger partial charge is 0.452 e. The molecule has 0 radical (unpaired) electrons. The zero-order valence-electron chi connectivity index (χ0n) is 15.8. The zero-order valence-corrected chi connectivity index (χ0v) is 16.6. The second-order valence-corrected chi connectivity index (χ2v) is 7.01. The van der Waals surface area contributed by atoms with Gasteiger partial charge in [-0.3, -0.25) is 9.59 Å². The Balaban J connectivity index is 1.60. The van der Waals surface area contributed by atoms with E-state index in [1.165, 1.54) is 17.4 Å². The van der Waals surface area contributed by atoms with Crippen molar-refractivity contribution in [3.8, 4) is 0 Å². The summed E-state index contributed by atoms with van der Waals surface area (Å²) in [6, 6.07) is 19.1. The zero-order chi connectivity index (χ0) is 20.6. The van der Waals surface area contributed by atoms with E-state index < -0.39 is 5.97 Å². The average molecular weight is 408 g/mol. The Kier molecular flexibility index (Phi) is 6.76. The molecule has 7 heteroatoms. The van der Waals surface area contributed by atoms with Crippen LogP contribution in [0.5, 0.6) is 0 Å². The minimum Gasteiger partial charge on any atom is -0.452 e. The Morgan fingerprint density at radius 3 is 2.48 bits per heavy atom. The summed E-state index contributed by atoms with van der Waals surface area (Å²) in [5.74, 6) is -1.19. The number of hydrogen-bond donors (Lipinski definition) is 1. The molecule has 3 rings (SSSR count). The van der Waals surface area contributed by atoms with Crippen molar-refractivity contribution >= 4 is 40.5 Å². The molecule has 2 amide bonds. The standard InChI is InChI=1S/C22H20N2O4S/c1-2-24(18-10-4-3-5-11-18)20(25)15-28-22(27)16-8-6-9-17(14-16)23-21(26)19-12-7-13-29-19/h3-14H,2,15H2,1H3,(H,23,26). The van der Waals surface area contributed by atoms with Crippen molar-refractivity contribution < 1.29 is 19.1 Å². The van der Waals surface area contributed by atoms with E-state index in [4.69, 9.17) is 4.74 Å². The molecule has 0 atom stereocenters. The fourth-order valence-electron chi connectivity index (χ4n) is 2.72. The lowest BCUT2D eigenvalue weighted by Gasteiger charge is -2.20.